The number of aromatic nitrogens is 1. The van der Waals surface area contributed by atoms with Crippen molar-refractivity contribution in [3.63, 3.8) is 0 Å². The van der Waals surface area contributed by atoms with Crippen molar-refractivity contribution in [3.05, 3.63) is 59.4 Å². The number of hydrogen-bond donors (Lipinski definition) is 3. The van der Waals surface area contributed by atoms with E-state index >= 15 is 0 Å². The quantitative estimate of drug-likeness (QED) is 0.680. The van der Waals surface area contributed by atoms with E-state index in [1.807, 2.05) is 0 Å². The van der Waals surface area contributed by atoms with Gasteiger partial charge in [0.15, 0.2) is 5.78 Å². The first-order valence-electron chi connectivity index (χ1n) is 7.60. The molecule has 126 valence electrons. The van der Waals surface area contributed by atoms with Crippen molar-refractivity contribution in [2.45, 2.75) is 20.3 Å². The molecule has 6 heteroatoms. The van der Waals surface area contributed by atoms with Gasteiger partial charge in [-0.3, -0.25) is 14.4 Å². The van der Waals surface area contributed by atoms with Crippen LogP contribution in [0.1, 0.15) is 46.5 Å². The average molecular weight is 328 g/mol. The topological polar surface area (TPSA) is 99.3 Å². The van der Waals surface area contributed by atoms with Crippen LogP contribution in [0.15, 0.2) is 42.7 Å². The van der Waals surface area contributed by atoms with E-state index in [1.54, 1.807) is 56.6 Å². The number of H-pyrrole nitrogens is 1. The predicted octanol–water partition coefficient (Wildman–Crippen LogP) is 2.48. The van der Waals surface area contributed by atoms with Crippen molar-refractivity contribution in [1.29, 1.82) is 0 Å². The Morgan fingerprint density at radius 2 is 1.67 bits per heavy atom. The minimum atomic E-state index is -0.899. The maximum Gasteiger partial charge on any atom is 0.309 e. The van der Waals surface area contributed by atoms with Crippen molar-refractivity contribution in [3.8, 4) is 0 Å². The lowest BCUT2D eigenvalue weighted by Gasteiger charge is -2.18. The fourth-order valence-corrected chi connectivity index (χ4v) is 2.10. The van der Waals surface area contributed by atoms with E-state index in [9.17, 15) is 14.4 Å². The molecule has 0 fully saturated rings. The molecule has 0 aliphatic rings. The summed E-state index contributed by atoms with van der Waals surface area (Å²) >= 11 is 0. The van der Waals surface area contributed by atoms with Crippen LogP contribution in [-0.2, 0) is 4.79 Å². The Bertz CT molecular complexity index is 731. The number of carboxylic acids is 1. The molecule has 0 radical (unpaired) electrons. The largest absolute Gasteiger partial charge is 0.481 e. The second-order valence-corrected chi connectivity index (χ2v) is 6.20. The standard InChI is InChI=1S/C18H20N2O4/c1-18(2,17(23)24)8-10-20-16(22)13-5-3-12(4-6-13)15(21)14-7-9-19-11-14/h3-7,9,11,19H,8,10H2,1-2H3,(H,20,22)(H,23,24). The molecule has 0 atom stereocenters. The highest BCUT2D eigenvalue weighted by Crippen LogP contribution is 2.19. The van der Waals surface area contributed by atoms with Crippen LogP contribution in [0.2, 0.25) is 0 Å². The fraction of sp³-hybridized carbons (Fsp3) is 0.278. The number of rotatable bonds is 7. The summed E-state index contributed by atoms with van der Waals surface area (Å²) in [5.41, 5.74) is 0.593. The van der Waals surface area contributed by atoms with E-state index in [-0.39, 0.29) is 18.2 Å². The summed E-state index contributed by atoms with van der Waals surface area (Å²) in [6.07, 6.45) is 3.62. The predicted molar refractivity (Wildman–Crippen MR) is 89.0 cm³/mol. The van der Waals surface area contributed by atoms with Gasteiger partial charge < -0.3 is 15.4 Å². The maximum atomic E-state index is 12.2. The Balaban J connectivity index is 1.94. The molecular weight excluding hydrogens is 308 g/mol. The number of carbonyl (C=O) groups is 3. The molecule has 2 aromatic rings. The van der Waals surface area contributed by atoms with Gasteiger partial charge in [-0.05, 0) is 38.5 Å². The van der Waals surface area contributed by atoms with Crippen molar-refractivity contribution in [2.24, 2.45) is 5.41 Å². The van der Waals surface area contributed by atoms with Crippen LogP contribution in [-0.4, -0.2) is 34.3 Å². The molecule has 1 amide bonds. The molecule has 2 rings (SSSR count). The number of ketones is 1. The number of carboxylic acid groups (broad SMARTS) is 1. The summed E-state index contributed by atoms with van der Waals surface area (Å²) in [5.74, 6) is -1.31. The van der Waals surface area contributed by atoms with Gasteiger partial charge in [0.1, 0.15) is 0 Å². The summed E-state index contributed by atoms with van der Waals surface area (Å²) in [6.45, 7) is 3.49. The fourth-order valence-electron chi connectivity index (χ4n) is 2.10. The summed E-state index contributed by atoms with van der Waals surface area (Å²) in [4.78, 5) is 38.1. The van der Waals surface area contributed by atoms with Crippen LogP contribution >= 0.6 is 0 Å². The van der Waals surface area contributed by atoms with Gasteiger partial charge >= 0.3 is 5.97 Å². The molecule has 1 aromatic heterocycles. The lowest BCUT2D eigenvalue weighted by Crippen LogP contribution is -2.31. The highest BCUT2D eigenvalue weighted by Gasteiger charge is 2.26. The van der Waals surface area contributed by atoms with Gasteiger partial charge in [0.2, 0.25) is 0 Å². The summed E-state index contributed by atoms with van der Waals surface area (Å²) in [7, 11) is 0. The van der Waals surface area contributed by atoms with Crippen LogP contribution in [0.5, 0.6) is 0 Å². The van der Waals surface area contributed by atoms with Crippen LogP contribution in [0.25, 0.3) is 0 Å². The molecule has 0 bridgehead atoms. The van der Waals surface area contributed by atoms with Gasteiger partial charge in [-0.2, -0.15) is 0 Å². The summed E-state index contributed by atoms with van der Waals surface area (Å²) in [5, 5.41) is 11.7. The normalized spacial score (nSPS) is 11.1. The van der Waals surface area contributed by atoms with E-state index in [4.69, 9.17) is 5.11 Å². The molecule has 0 aliphatic carbocycles. The van der Waals surface area contributed by atoms with Crippen LogP contribution < -0.4 is 5.32 Å². The minimum absolute atomic E-state index is 0.119. The van der Waals surface area contributed by atoms with Crippen molar-refractivity contribution < 1.29 is 19.5 Å². The third-order valence-corrected chi connectivity index (χ3v) is 3.88. The molecular formula is C18H20N2O4. The molecule has 0 aliphatic heterocycles. The number of hydrogen-bond acceptors (Lipinski definition) is 3. The number of benzene rings is 1. The Labute approximate surface area is 139 Å². The van der Waals surface area contributed by atoms with Gasteiger partial charge in [-0.1, -0.05) is 12.1 Å². The Morgan fingerprint density at radius 1 is 1.04 bits per heavy atom. The van der Waals surface area contributed by atoms with E-state index in [1.165, 1.54) is 0 Å². The third-order valence-electron chi connectivity index (χ3n) is 3.88. The molecule has 0 saturated heterocycles. The lowest BCUT2D eigenvalue weighted by atomic mass is 9.90. The van der Waals surface area contributed by atoms with Gasteiger partial charge in [-0.25, -0.2) is 0 Å². The second-order valence-electron chi connectivity index (χ2n) is 6.20. The van der Waals surface area contributed by atoms with Crippen LogP contribution in [0.4, 0.5) is 0 Å². The molecule has 24 heavy (non-hydrogen) atoms. The van der Waals surface area contributed by atoms with E-state index in [0.717, 1.165) is 0 Å². The highest BCUT2D eigenvalue weighted by molar-refractivity contribution is 6.09. The highest BCUT2D eigenvalue weighted by atomic mass is 16.4. The molecule has 0 saturated carbocycles. The van der Waals surface area contributed by atoms with Crippen LogP contribution in [0, 0.1) is 5.41 Å². The zero-order valence-electron chi connectivity index (χ0n) is 13.6. The Kier molecular flexibility index (Phi) is 5.18. The zero-order chi connectivity index (χ0) is 17.7. The van der Waals surface area contributed by atoms with Gasteiger partial charge in [0.25, 0.3) is 5.91 Å². The van der Waals surface area contributed by atoms with E-state index in [0.29, 0.717) is 23.1 Å². The van der Waals surface area contributed by atoms with E-state index < -0.39 is 11.4 Å². The first kappa shape index (κ1) is 17.5. The number of aromatic amines is 1. The first-order valence-corrected chi connectivity index (χ1v) is 7.60. The van der Waals surface area contributed by atoms with Gasteiger partial charge in [-0.15, -0.1) is 0 Å². The third kappa shape index (κ3) is 4.10. The first-order chi connectivity index (χ1) is 11.3. The minimum Gasteiger partial charge on any atom is -0.481 e. The molecule has 0 unspecified atom stereocenters. The number of carbonyl (C=O) groups excluding carboxylic acids is 2. The van der Waals surface area contributed by atoms with Gasteiger partial charge in [0.05, 0.1) is 5.41 Å². The SMILES string of the molecule is CC(C)(CCNC(=O)c1ccc(C(=O)c2cc[nH]c2)cc1)C(=O)O. The monoisotopic (exact) mass is 328 g/mol. The van der Waals surface area contributed by atoms with Gasteiger partial charge in [0, 0.05) is 35.6 Å². The summed E-state index contributed by atoms with van der Waals surface area (Å²) < 4.78 is 0. The zero-order valence-corrected chi connectivity index (χ0v) is 13.6. The lowest BCUT2D eigenvalue weighted by molar-refractivity contribution is -0.147. The van der Waals surface area contributed by atoms with E-state index in [2.05, 4.69) is 10.3 Å². The molecule has 6 nitrogen and oxygen atoms in total. The number of nitrogens with one attached hydrogen (secondary N) is 2. The van der Waals surface area contributed by atoms with Crippen molar-refractivity contribution >= 4 is 17.7 Å². The smallest absolute Gasteiger partial charge is 0.309 e. The Morgan fingerprint density at radius 3 is 2.21 bits per heavy atom. The maximum absolute atomic E-state index is 12.2. The number of amides is 1. The molecule has 1 heterocycles. The van der Waals surface area contributed by atoms with Crippen LogP contribution in [0.3, 0.4) is 0 Å². The van der Waals surface area contributed by atoms with Crippen molar-refractivity contribution in [1.82, 2.24) is 10.3 Å². The number of aliphatic carboxylic acids is 1. The molecule has 1 aromatic carbocycles. The molecule has 3 N–H and O–H groups in total. The van der Waals surface area contributed by atoms with Crippen molar-refractivity contribution in [2.75, 3.05) is 6.54 Å². The molecule has 0 spiro atoms. The summed E-state index contributed by atoms with van der Waals surface area (Å²) in [6, 6.07) is 8.05. The average Bonchev–Trinajstić information content (AvgIpc) is 3.08. The Hall–Kier alpha value is -2.89. The second kappa shape index (κ2) is 7.12.